The van der Waals surface area contributed by atoms with Gasteiger partial charge in [-0.3, -0.25) is 0 Å². The van der Waals surface area contributed by atoms with Crippen LogP contribution >= 0.6 is 11.3 Å². The van der Waals surface area contributed by atoms with E-state index in [2.05, 4.69) is 15.3 Å². The van der Waals surface area contributed by atoms with Crippen LogP contribution < -0.4 is 10.1 Å². The van der Waals surface area contributed by atoms with E-state index >= 15 is 0 Å². The number of ether oxygens (including phenoxy) is 2. The minimum Gasteiger partial charge on any atom is -0.488 e. The number of nitrogens with one attached hydrogen (secondary N) is 1. The molecule has 8 nitrogen and oxygen atoms in total. The Bertz CT molecular complexity index is 1100. The molecule has 30 heavy (non-hydrogen) atoms. The van der Waals surface area contributed by atoms with Crippen molar-refractivity contribution in [1.29, 1.82) is 0 Å². The van der Waals surface area contributed by atoms with Gasteiger partial charge in [-0.05, 0) is 24.6 Å². The number of hydrogen-bond donors (Lipinski definition) is 3. The highest BCUT2D eigenvalue weighted by Gasteiger charge is 2.33. The molecule has 1 aromatic carbocycles. The van der Waals surface area contributed by atoms with Crippen molar-refractivity contribution < 1.29 is 28.9 Å². The second-order valence-corrected chi connectivity index (χ2v) is 8.06. The van der Waals surface area contributed by atoms with Crippen LogP contribution in [0.3, 0.4) is 0 Å². The van der Waals surface area contributed by atoms with E-state index in [9.17, 15) is 19.4 Å². The van der Waals surface area contributed by atoms with Gasteiger partial charge in [-0.2, -0.15) is 0 Å². The Balaban J connectivity index is 1.69. The molecule has 10 heteroatoms. The number of carbonyl (C=O) groups is 1. The summed E-state index contributed by atoms with van der Waals surface area (Å²) in [5, 5.41) is 23.3. The van der Waals surface area contributed by atoms with Crippen molar-refractivity contribution in [1.82, 2.24) is 9.97 Å². The number of benzene rings is 1. The van der Waals surface area contributed by atoms with Crippen LogP contribution in [0.5, 0.6) is 5.75 Å². The lowest BCUT2D eigenvalue weighted by molar-refractivity contribution is 0.0438. The summed E-state index contributed by atoms with van der Waals surface area (Å²) in [7, 11) is 1.32. The number of aliphatic hydroxyl groups excluding tert-OH is 2. The number of esters is 1. The molecule has 0 radical (unpaired) electrons. The number of aryl methyl sites for hydroxylation is 1. The number of nitrogens with zero attached hydrogens (tertiary/aromatic N) is 2. The molecule has 3 aromatic rings. The van der Waals surface area contributed by atoms with Crippen molar-refractivity contribution in [2.75, 3.05) is 12.4 Å². The van der Waals surface area contributed by atoms with Crippen LogP contribution in [0.4, 0.5) is 15.9 Å². The summed E-state index contributed by atoms with van der Waals surface area (Å²) in [4.78, 5) is 21.6. The molecule has 1 fully saturated rings. The Morgan fingerprint density at radius 1 is 1.27 bits per heavy atom. The third kappa shape index (κ3) is 3.81. The molecule has 1 aliphatic rings. The molecular weight excluding hydrogens is 413 g/mol. The molecule has 2 aromatic heterocycles. The highest BCUT2D eigenvalue weighted by atomic mass is 32.1. The minimum absolute atomic E-state index is 0.231. The number of hydrogen-bond acceptors (Lipinski definition) is 9. The van der Waals surface area contributed by atoms with Gasteiger partial charge in [-0.1, -0.05) is 0 Å². The number of thiophene rings is 1. The fourth-order valence-corrected chi connectivity index (χ4v) is 4.57. The number of methoxy groups -OCH3 is 1. The molecule has 2 atom stereocenters. The van der Waals surface area contributed by atoms with Gasteiger partial charge in [0.1, 0.15) is 39.5 Å². The number of rotatable bonds is 5. The van der Waals surface area contributed by atoms with E-state index in [1.54, 1.807) is 6.92 Å². The summed E-state index contributed by atoms with van der Waals surface area (Å²) in [6, 6.07) is 4.04. The van der Waals surface area contributed by atoms with Crippen LogP contribution in [0.25, 0.3) is 10.2 Å². The molecule has 0 unspecified atom stereocenters. The van der Waals surface area contributed by atoms with Gasteiger partial charge in [0, 0.05) is 18.9 Å². The molecule has 158 valence electrons. The first-order valence-electron chi connectivity index (χ1n) is 9.29. The summed E-state index contributed by atoms with van der Waals surface area (Å²) >= 11 is 1.20. The molecule has 2 heterocycles. The van der Waals surface area contributed by atoms with E-state index in [-0.39, 0.29) is 18.6 Å². The van der Waals surface area contributed by atoms with Crippen molar-refractivity contribution in [3.05, 3.63) is 40.8 Å². The first kappa shape index (κ1) is 20.5. The zero-order valence-electron chi connectivity index (χ0n) is 16.3. The van der Waals surface area contributed by atoms with Gasteiger partial charge in [0.25, 0.3) is 0 Å². The third-order valence-electron chi connectivity index (χ3n) is 5.04. The van der Waals surface area contributed by atoms with Gasteiger partial charge in [-0.25, -0.2) is 19.2 Å². The quantitative estimate of drug-likeness (QED) is 0.527. The Labute approximate surface area is 175 Å². The Kier molecular flexibility index (Phi) is 5.54. The second-order valence-electron chi connectivity index (χ2n) is 7.06. The molecule has 0 spiro atoms. The summed E-state index contributed by atoms with van der Waals surface area (Å²) in [5.74, 6) is -0.270. The number of carbonyl (C=O) groups excluding carboxylic acids is 1. The fourth-order valence-electron chi connectivity index (χ4n) is 3.50. The lowest BCUT2D eigenvalue weighted by Crippen LogP contribution is -2.17. The monoisotopic (exact) mass is 433 g/mol. The maximum atomic E-state index is 13.9. The van der Waals surface area contributed by atoms with Crippen LogP contribution in [0.2, 0.25) is 0 Å². The standard InChI is InChI=1S/C20H20FN3O5S/c1-9-16-18(22-8-23-19(16)30-17(9)20(27)28-2)24-12-4-3-10(21)5-15(12)29-11-6-13(25)14(26)7-11/h3-5,8,11,13-14,25-26H,6-7H2,1-2H3,(H,22,23,24)/t13-,14-/m1/s1. The molecule has 4 rings (SSSR count). The summed E-state index contributed by atoms with van der Waals surface area (Å²) in [6.45, 7) is 1.78. The summed E-state index contributed by atoms with van der Waals surface area (Å²) < 4.78 is 24.6. The summed E-state index contributed by atoms with van der Waals surface area (Å²) in [6.07, 6.45) is -0.313. The van der Waals surface area contributed by atoms with Crippen molar-refractivity contribution in [2.45, 2.75) is 38.1 Å². The molecule has 0 amide bonds. The van der Waals surface area contributed by atoms with E-state index in [1.807, 2.05) is 0 Å². The molecule has 0 bridgehead atoms. The second kappa shape index (κ2) is 8.13. The number of fused-ring (bicyclic) bond motifs is 1. The Morgan fingerprint density at radius 2 is 2.00 bits per heavy atom. The molecule has 0 saturated heterocycles. The van der Waals surface area contributed by atoms with Gasteiger partial charge in [0.15, 0.2) is 0 Å². The van der Waals surface area contributed by atoms with Crippen molar-refractivity contribution in [2.24, 2.45) is 0 Å². The third-order valence-corrected chi connectivity index (χ3v) is 6.22. The lowest BCUT2D eigenvalue weighted by atomic mass is 10.2. The van der Waals surface area contributed by atoms with E-state index in [0.29, 0.717) is 32.2 Å². The van der Waals surface area contributed by atoms with Crippen LogP contribution in [-0.4, -0.2) is 51.6 Å². The largest absolute Gasteiger partial charge is 0.488 e. The Hall–Kier alpha value is -2.82. The molecule has 3 N–H and O–H groups in total. The van der Waals surface area contributed by atoms with Crippen molar-refractivity contribution in [3.63, 3.8) is 0 Å². The van der Waals surface area contributed by atoms with Gasteiger partial charge in [0.05, 0.1) is 30.4 Å². The van der Waals surface area contributed by atoms with Gasteiger partial charge < -0.3 is 25.0 Å². The molecule has 1 saturated carbocycles. The number of anilines is 2. The van der Waals surface area contributed by atoms with Crippen molar-refractivity contribution >= 4 is 39.0 Å². The average molecular weight is 433 g/mol. The molecule has 1 aliphatic carbocycles. The first-order chi connectivity index (χ1) is 14.4. The SMILES string of the molecule is COC(=O)c1sc2ncnc(Nc3ccc(F)cc3OC3C[C@@H](O)[C@H](O)C3)c2c1C. The van der Waals surface area contributed by atoms with E-state index < -0.39 is 30.1 Å². The molecular formula is C20H20FN3O5S. The predicted octanol–water partition coefficient (Wildman–Crippen LogP) is 2.93. The van der Waals surface area contributed by atoms with Crippen LogP contribution in [0.1, 0.15) is 28.1 Å². The van der Waals surface area contributed by atoms with Crippen LogP contribution in [0.15, 0.2) is 24.5 Å². The fraction of sp³-hybridized carbons (Fsp3) is 0.350. The smallest absolute Gasteiger partial charge is 0.348 e. The first-order valence-corrected chi connectivity index (χ1v) is 10.1. The van der Waals surface area contributed by atoms with Crippen LogP contribution in [0, 0.1) is 12.7 Å². The molecule has 0 aliphatic heterocycles. The Morgan fingerprint density at radius 3 is 2.70 bits per heavy atom. The van der Waals surface area contributed by atoms with Gasteiger partial charge >= 0.3 is 5.97 Å². The van der Waals surface area contributed by atoms with E-state index in [4.69, 9.17) is 9.47 Å². The van der Waals surface area contributed by atoms with E-state index in [0.717, 1.165) is 0 Å². The van der Waals surface area contributed by atoms with Crippen molar-refractivity contribution in [3.8, 4) is 5.75 Å². The zero-order valence-corrected chi connectivity index (χ0v) is 17.1. The normalized spacial score (nSPS) is 19.2. The average Bonchev–Trinajstić information content (AvgIpc) is 3.22. The topological polar surface area (TPSA) is 114 Å². The maximum absolute atomic E-state index is 13.9. The lowest BCUT2D eigenvalue weighted by Gasteiger charge is -2.17. The minimum atomic E-state index is -0.869. The zero-order chi connectivity index (χ0) is 21.4. The van der Waals surface area contributed by atoms with E-state index in [1.165, 1.54) is 43.0 Å². The maximum Gasteiger partial charge on any atom is 0.348 e. The van der Waals surface area contributed by atoms with Crippen LogP contribution in [-0.2, 0) is 4.74 Å². The number of halogens is 1. The highest BCUT2D eigenvalue weighted by Crippen LogP contribution is 2.37. The predicted molar refractivity (Wildman–Crippen MR) is 109 cm³/mol. The highest BCUT2D eigenvalue weighted by molar-refractivity contribution is 7.20. The number of aromatic nitrogens is 2. The van der Waals surface area contributed by atoms with Gasteiger partial charge in [-0.15, -0.1) is 11.3 Å². The number of aliphatic hydroxyl groups is 2. The summed E-state index contributed by atoms with van der Waals surface area (Å²) in [5.41, 5.74) is 1.13. The van der Waals surface area contributed by atoms with Gasteiger partial charge in [0.2, 0.25) is 0 Å².